The predicted octanol–water partition coefficient (Wildman–Crippen LogP) is 1.93. The Balaban J connectivity index is 2.02. The van der Waals surface area contributed by atoms with E-state index in [1.54, 1.807) is 24.3 Å². The molecule has 6 nitrogen and oxygen atoms in total. The molecule has 1 fully saturated rings. The second kappa shape index (κ2) is 7.33. The zero-order valence-corrected chi connectivity index (χ0v) is 15.6. The lowest BCUT2D eigenvalue weighted by atomic mass is 10.00. The number of nitrogens with two attached hydrogens (primary N) is 1. The summed E-state index contributed by atoms with van der Waals surface area (Å²) in [6.45, 7) is 4.54. The summed E-state index contributed by atoms with van der Waals surface area (Å²) >= 11 is 0. The highest BCUT2D eigenvalue weighted by atomic mass is 19.1. The van der Waals surface area contributed by atoms with Gasteiger partial charge < -0.3 is 20.5 Å². The van der Waals surface area contributed by atoms with Crippen molar-refractivity contribution in [2.24, 2.45) is 5.73 Å². The van der Waals surface area contributed by atoms with E-state index < -0.39 is 17.3 Å². The van der Waals surface area contributed by atoms with Crippen LogP contribution in [-0.4, -0.2) is 47.2 Å². The number of primary amides is 1. The van der Waals surface area contributed by atoms with Crippen molar-refractivity contribution in [3.8, 4) is 28.8 Å². The lowest BCUT2D eigenvalue weighted by Crippen LogP contribution is -2.26. The Labute approximate surface area is 162 Å². The van der Waals surface area contributed by atoms with Crippen molar-refractivity contribution in [2.45, 2.75) is 12.0 Å². The minimum atomic E-state index is -1.29. The van der Waals surface area contributed by atoms with Crippen LogP contribution in [-0.2, 0) is 0 Å². The van der Waals surface area contributed by atoms with Crippen LogP contribution in [0.3, 0.4) is 0 Å². The number of halogens is 1. The van der Waals surface area contributed by atoms with Crippen molar-refractivity contribution in [3.05, 3.63) is 59.7 Å². The quantitative estimate of drug-likeness (QED) is 0.793. The van der Waals surface area contributed by atoms with Gasteiger partial charge in [0.25, 0.3) is 5.91 Å². The summed E-state index contributed by atoms with van der Waals surface area (Å²) in [4.78, 5) is 17.4. The number of aromatic nitrogens is 1. The summed E-state index contributed by atoms with van der Waals surface area (Å²) in [5.74, 6) is 4.14. The highest BCUT2D eigenvalue weighted by molar-refractivity contribution is 5.92. The molecule has 144 valence electrons. The van der Waals surface area contributed by atoms with E-state index in [0.717, 1.165) is 6.07 Å². The van der Waals surface area contributed by atoms with Crippen LogP contribution in [0.15, 0.2) is 42.6 Å². The molecule has 1 atom stereocenters. The first kappa shape index (κ1) is 19.4. The van der Waals surface area contributed by atoms with Gasteiger partial charge in [-0.05, 0) is 12.1 Å². The van der Waals surface area contributed by atoms with Crippen molar-refractivity contribution in [1.82, 2.24) is 9.88 Å². The molecular formula is C21H20FN3O3. The normalized spacial score (nSPS) is 18.6. The highest BCUT2D eigenvalue weighted by Crippen LogP contribution is 2.30. The summed E-state index contributed by atoms with van der Waals surface area (Å²) in [5.41, 5.74) is 5.32. The van der Waals surface area contributed by atoms with E-state index in [0.29, 0.717) is 29.8 Å². The molecule has 0 saturated carbocycles. The van der Waals surface area contributed by atoms with Crippen molar-refractivity contribution in [3.63, 3.8) is 0 Å². The maximum absolute atomic E-state index is 14.7. The second-order valence-corrected chi connectivity index (χ2v) is 6.55. The maximum Gasteiger partial charge on any atom is 0.267 e. The molecule has 0 spiro atoms. The van der Waals surface area contributed by atoms with Gasteiger partial charge in [0, 0.05) is 37.2 Å². The van der Waals surface area contributed by atoms with Gasteiger partial charge in [-0.3, -0.25) is 4.79 Å². The number of hydrogen-bond acceptors (Lipinski definition) is 5. The van der Waals surface area contributed by atoms with Crippen LogP contribution in [0.1, 0.15) is 22.5 Å². The third kappa shape index (κ3) is 3.55. The third-order valence-corrected chi connectivity index (χ3v) is 4.69. The summed E-state index contributed by atoms with van der Waals surface area (Å²) in [6, 6.07) is 7.83. The van der Waals surface area contributed by atoms with E-state index in [-0.39, 0.29) is 17.1 Å². The minimum Gasteiger partial charge on any atom is -0.494 e. The Kier molecular flexibility index (Phi) is 5.08. The fraction of sp³-hybridized carbons (Fsp3) is 0.238. The number of methoxy groups -OCH3 is 1. The van der Waals surface area contributed by atoms with Gasteiger partial charge in [0.1, 0.15) is 11.4 Å². The van der Waals surface area contributed by atoms with Gasteiger partial charge >= 0.3 is 0 Å². The molecule has 7 heteroatoms. The van der Waals surface area contributed by atoms with Crippen LogP contribution in [0.25, 0.3) is 11.3 Å². The molecule has 0 aliphatic carbocycles. The fourth-order valence-electron chi connectivity index (χ4n) is 2.95. The fourth-order valence-corrected chi connectivity index (χ4v) is 2.95. The number of hydrogen-bond donors (Lipinski definition) is 2. The zero-order chi connectivity index (χ0) is 20.5. The van der Waals surface area contributed by atoms with E-state index in [9.17, 15) is 14.3 Å². The van der Waals surface area contributed by atoms with Gasteiger partial charge in [-0.2, -0.15) is 0 Å². The van der Waals surface area contributed by atoms with Crippen molar-refractivity contribution in [1.29, 1.82) is 0 Å². The Hall–Kier alpha value is -3.37. The van der Waals surface area contributed by atoms with Gasteiger partial charge in [-0.15, -0.1) is 0 Å². The highest BCUT2D eigenvalue weighted by Gasteiger charge is 2.36. The van der Waals surface area contributed by atoms with E-state index in [4.69, 9.17) is 10.5 Å². The lowest BCUT2D eigenvalue weighted by molar-refractivity contribution is 0.0995. The van der Waals surface area contributed by atoms with Gasteiger partial charge in [0.2, 0.25) is 0 Å². The largest absolute Gasteiger partial charge is 0.494 e. The monoisotopic (exact) mass is 381 g/mol. The number of likely N-dealkylation sites (tertiary alicyclic amines) is 1. The summed E-state index contributed by atoms with van der Waals surface area (Å²) in [6.07, 6.45) is 0.461. The number of amides is 1. The zero-order valence-electron chi connectivity index (χ0n) is 15.6. The van der Waals surface area contributed by atoms with Crippen molar-refractivity contribution >= 4 is 5.91 Å². The molecule has 1 aromatic heterocycles. The standard InChI is InChI=1S/C21H20FN3O3/c1-13-21(27,9-10-25(13)2)8-7-14-5-4-6-15(11-14)19-18(22)17(28-3)12-16(24-19)20(23)26/h4-6,11-12,27H,1,9-10H2,2-3H3,(H2,23,26)/t21-/m0/s1. The smallest absolute Gasteiger partial charge is 0.267 e. The number of ether oxygens (including phenoxy) is 1. The number of rotatable bonds is 3. The van der Waals surface area contributed by atoms with E-state index >= 15 is 0 Å². The first-order valence-electron chi connectivity index (χ1n) is 8.56. The molecular weight excluding hydrogens is 361 g/mol. The van der Waals surface area contributed by atoms with Crippen molar-refractivity contribution < 1.29 is 19.0 Å². The van der Waals surface area contributed by atoms with Gasteiger partial charge in [-0.1, -0.05) is 30.6 Å². The van der Waals surface area contributed by atoms with E-state index in [1.165, 1.54) is 7.11 Å². The number of aliphatic hydroxyl groups is 1. The number of carbonyl (C=O) groups excluding carboxylic acids is 1. The van der Waals surface area contributed by atoms with Gasteiger partial charge in [0.15, 0.2) is 17.2 Å². The third-order valence-electron chi connectivity index (χ3n) is 4.69. The molecule has 2 aromatic rings. The molecule has 1 amide bonds. The average molecular weight is 381 g/mol. The van der Waals surface area contributed by atoms with E-state index in [2.05, 4.69) is 23.4 Å². The molecule has 28 heavy (non-hydrogen) atoms. The van der Waals surface area contributed by atoms with Crippen LogP contribution >= 0.6 is 0 Å². The molecule has 1 aliphatic rings. The molecule has 0 radical (unpaired) electrons. The van der Waals surface area contributed by atoms with Crippen LogP contribution < -0.4 is 10.5 Å². The van der Waals surface area contributed by atoms with Crippen LogP contribution in [0.4, 0.5) is 4.39 Å². The molecule has 1 aliphatic heterocycles. The molecule has 1 saturated heterocycles. The SMILES string of the molecule is C=C1N(C)CC[C@@]1(O)C#Cc1cccc(-c2nc(C(N)=O)cc(OC)c2F)c1. The molecule has 1 aromatic carbocycles. The molecule has 0 bridgehead atoms. The summed E-state index contributed by atoms with van der Waals surface area (Å²) in [5, 5.41) is 10.6. The number of likely N-dealkylation sites (N-methyl/N-ethyl adjacent to an activating group) is 1. The van der Waals surface area contributed by atoms with Crippen molar-refractivity contribution in [2.75, 3.05) is 20.7 Å². The topological polar surface area (TPSA) is 88.7 Å². The summed E-state index contributed by atoms with van der Waals surface area (Å²) < 4.78 is 19.7. The van der Waals surface area contributed by atoms with Crippen LogP contribution in [0, 0.1) is 17.7 Å². The predicted molar refractivity (Wildman–Crippen MR) is 103 cm³/mol. The van der Waals surface area contributed by atoms with Crippen LogP contribution in [0.2, 0.25) is 0 Å². The first-order chi connectivity index (χ1) is 13.2. The number of pyridine rings is 1. The minimum absolute atomic E-state index is 0.0690. The molecule has 0 unspecified atom stereocenters. The Bertz CT molecular complexity index is 1030. The molecule has 3 rings (SSSR count). The second-order valence-electron chi connectivity index (χ2n) is 6.55. The molecule has 2 heterocycles. The number of benzene rings is 1. The first-order valence-corrected chi connectivity index (χ1v) is 8.56. The Morgan fingerprint density at radius 1 is 1.46 bits per heavy atom. The maximum atomic E-state index is 14.7. The summed E-state index contributed by atoms with van der Waals surface area (Å²) in [7, 11) is 3.14. The van der Waals surface area contributed by atoms with E-state index in [1.807, 2.05) is 11.9 Å². The Morgan fingerprint density at radius 2 is 2.21 bits per heavy atom. The number of nitrogens with zero attached hydrogens (tertiary/aromatic N) is 2. The Morgan fingerprint density at radius 3 is 2.82 bits per heavy atom. The van der Waals surface area contributed by atoms with Gasteiger partial charge in [0.05, 0.1) is 12.8 Å². The average Bonchev–Trinajstić information content (AvgIpc) is 2.94. The number of carbonyl (C=O) groups is 1. The van der Waals surface area contributed by atoms with Crippen LogP contribution in [0.5, 0.6) is 5.75 Å². The lowest BCUT2D eigenvalue weighted by Gasteiger charge is -2.19. The van der Waals surface area contributed by atoms with Gasteiger partial charge in [-0.25, -0.2) is 9.37 Å². The molecule has 3 N–H and O–H groups in total.